The Bertz CT molecular complexity index is 1260. The Hall–Kier alpha value is -3.62. The molecule has 0 aliphatic heterocycles. The molecule has 0 unspecified atom stereocenters. The average molecular weight is 478 g/mol. The molecule has 4 rings (SSSR count). The zero-order valence-corrected chi connectivity index (χ0v) is 19.3. The number of aromatic nitrogens is 3. The van der Waals surface area contributed by atoms with E-state index in [4.69, 9.17) is 16.3 Å². The van der Waals surface area contributed by atoms with Crippen molar-refractivity contribution < 1.29 is 9.53 Å². The highest BCUT2D eigenvalue weighted by molar-refractivity contribution is 8.15. The first-order valence-corrected chi connectivity index (χ1v) is 11.4. The van der Waals surface area contributed by atoms with Crippen LogP contribution < -0.4 is 5.43 Å². The normalized spacial score (nSPS) is 11.3. The maximum absolute atomic E-state index is 12.7. The number of anilines is 1. The number of carbonyl (C=O) groups excluding carboxylic acids is 1. The van der Waals surface area contributed by atoms with E-state index in [1.165, 1.54) is 0 Å². The summed E-state index contributed by atoms with van der Waals surface area (Å²) in [5.41, 5.74) is 5.26. The standard InChI is InChI=1S/C24H20ClN5O2S/c1-2-32-23(31)22(28-26-19-13-9-12-18(25)16-19)33-24-29-27-21(17-10-5-3-6-11-17)30(24)20-14-7-4-8-15-20/h3-16,26H,2H2,1H3. The fourth-order valence-corrected chi connectivity index (χ4v) is 3.94. The number of carbonyl (C=O) groups is 1. The first-order valence-electron chi connectivity index (χ1n) is 10.2. The smallest absolute Gasteiger partial charge is 0.365 e. The number of hydrogen-bond acceptors (Lipinski definition) is 7. The summed E-state index contributed by atoms with van der Waals surface area (Å²) < 4.78 is 7.09. The summed E-state index contributed by atoms with van der Waals surface area (Å²) in [7, 11) is 0. The molecular weight excluding hydrogens is 458 g/mol. The molecule has 7 nitrogen and oxygen atoms in total. The van der Waals surface area contributed by atoms with Crippen LogP contribution in [0, 0.1) is 0 Å². The van der Waals surface area contributed by atoms with Gasteiger partial charge in [-0.3, -0.25) is 9.99 Å². The molecule has 3 aromatic carbocycles. The van der Waals surface area contributed by atoms with Gasteiger partial charge in [0.05, 0.1) is 12.3 Å². The monoisotopic (exact) mass is 477 g/mol. The van der Waals surface area contributed by atoms with E-state index in [-0.39, 0.29) is 11.7 Å². The number of rotatable bonds is 6. The molecule has 1 aromatic heterocycles. The van der Waals surface area contributed by atoms with Gasteiger partial charge in [-0.25, -0.2) is 4.79 Å². The molecule has 0 fully saturated rings. The Balaban J connectivity index is 1.73. The highest BCUT2D eigenvalue weighted by Gasteiger charge is 2.22. The summed E-state index contributed by atoms with van der Waals surface area (Å²) in [6.07, 6.45) is 0. The third-order valence-electron chi connectivity index (χ3n) is 4.43. The number of nitrogens with zero attached hydrogens (tertiary/aromatic N) is 4. The van der Waals surface area contributed by atoms with E-state index in [1.807, 2.05) is 65.2 Å². The molecular formula is C24H20ClN5O2S. The fourth-order valence-electron chi connectivity index (χ4n) is 2.98. The van der Waals surface area contributed by atoms with Gasteiger partial charge in [0, 0.05) is 16.3 Å². The van der Waals surface area contributed by atoms with Crippen LogP contribution in [0.2, 0.25) is 5.02 Å². The quantitative estimate of drug-likeness (QED) is 0.127. The molecule has 0 amide bonds. The lowest BCUT2D eigenvalue weighted by Crippen LogP contribution is -2.17. The molecule has 0 aliphatic carbocycles. The van der Waals surface area contributed by atoms with Crippen molar-refractivity contribution in [3.63, 3.8) is 0 Å². The summed E-state index contributed by atoms with van der Waals surface area (Å²) >= 11 is 7.11. The van der Waals surface area contributed by atoms with E-state index >= 15 is 0 Å². The number of thioether (sulfide) groups is 1. The maximum Gasteiger partial charge on any atom is 0.365 e. The number of hydrazone groups is 1. The van der Waals surface area contributed by atoms with Gasteiger partial charge in [-0.1, -0.05) is 66.2 Å². The van der Waals surface area contributed by atoms with E-state index in [1.54, 1.807) is 31.2 Å². The van der Waals surface area contributed by atoms with Crippen molar-refractivity contribution in [2.24, 2.45) is 5.10 Å². The minimum absolute atomic E-state index is 0.0843. The van der Waals surface area contributed by atoms with E-state index < -0.39 is 5.97 Å². The molecule has 0 saturated heterocycles. The highest BCUT2D eigenvalue weighted by Crippen LogP contribution is 2.29. The Kier molecular flexibility index (Phi) is 7.39. The van der Waals surface area contributed by atoms with Gasteiger partial charge in [0.1, 0.15) is 0 Å². The predicted octanol–water partition coefficient (Wildman–Crippen LogP) is 5.67. The van der Waals surface area contributed by atoms with Crippen molar-refractivity contribution in [2.75, 3.05) is 12.0 Å². The molecule has 0 bridgehead atoms. The van der Waals surface area contributed by atoms with E-state index in [2.05, 4.69) is 20.7 Å². The Morgan fingerprint density at radius 2 is 1.76 bits per heavy atom. The zero-order chi connectivity index (χ0) is 23.0. The van der Waals surface area contributed by atoms with Gasteiger partial charge in [0.2, 0.25) is 10.2 Å². The molecule has 9 heteroatoms. The summed E-state index contributed by atoms with van der Waals surface area (Å²) in [4.78, 5) is 12.7. The second-order valence-corrected chi connectivity index (χ2v) is 8.10. The molecule has 0 saturated carbocycles. The summed E-state index contributed by atoms with van der Waals surface area (Å²) in [6, 6.07) is 26.5. The van der Waals surface area contributed by atoms with Crippen LogP contribution >= 0.6 is 23.4 Å². The van der Waals surface area contributed by atoms with Gasteiger partial charge >= 0.3 is 5.97 Å². The van der Waals surface area contributed by atoms with Crippen LogP contribution in [0.1, 0.15) is 6.92 Å². The van der Waals surface area contributed by atoms with Crippen molar-refractivity contribution in [1.29, 1.82) is 0 Å². The summed E-state index contributed by atoms with van der Waals surface area (Å²) in [6.45, 7) is 1.96. The Morgan fingerprint density at radius 3 is 2.45 bits per heavy atom. The van der Waals surface area contributed by atoms with Crippen LogP contribution in [-0.2, 0) is 9.53 Å². The molecule has 1 heterocycles. The third kappa shape index (κ3) is 5.60. The van der Waals surface area contributed by atoms with Gasteiger partial charge in [-0.2, -0.15) is 5.10 Å². The van der Waals surface area contributed by atoms with Gasteiger partial charge < -0.3 is 4.74 Å². The predicted molar refractivity (Wildman–Crippen MR) is 132 cm³/mol. The summed E-state index contributed by atoms with van der Waals surface area (Å²) in [5.74, 6) is 0.0798. The number of hydrogen-bond donors (Lipinski definition) is 1. The number of esters is 1. The van der Waals surface area contributed by atoms with E-state index in [0.717, 1.165) is 23.0 Å². The molecule has 33 heavy (non-hydrogen) atoms. The molecule has 1 N–H and O–H groups in total. The third-order valence-corrected chi connectivity index (χ3v) is 5.56. The van der Waals surface area contributed by atoms with Crippen LogP contribution in [0.4, 0.5) is 5.69 Å². The summed E-state index contributed by atoms with van der Waals surface area (Å²) in [5, 5.41) is 14.1. The van der Waals surface area contributed by atoms with E-state index in [0.29, 0.717) is 21.7 Å². The van der Waals surface area contributed by atoms with E-state index in [9.17, 15) is 4.79 Å². The van der Waals surface area contributed by atoms with Crippen LogP contribution in [0.15, 0.2) is 95.2 Å². The average Bonchev–Trinajstić information content (AvgIpc) is 3.26. The molecule has 0 atom stereocenters. The van der Waals surface area contributed by atoms with Crippen LogP contribution in [-0.4, -0.2) is 32.4 Å². The molecule has 166 valence electrons. The fraction of sp³-hybridized carbons (Fsp3) is 0.0833. The van der Waals surface area contributed by atoms with Crippen molar-refractivity contribution >= 4 is 40.1 Å². The molecule has 0 radical (unpaired) electrons. The largest absolute Gasteiger partial charge is 0.461 e. The number of para-hydroxylation sites is 1. The van der Waals surface area contributed by atoms with Crippen LogP contribution in [0.5, 0.6) is 0 Å². The number of halogens is 1. The minimum atomic E-state index is -0.569. The second kappa shape index (κ2) is 10.8. The first kappa shape index (κ1) is 22.6. The molecule has 4 aromatic rings. The minimum Gasteiger partial charge on any atom is -0.461 e. The SMILES string of the molecule is CCOC(=O)C(=NNc1cccc(Cl)c1)Sc1nnc(-c2ccccc2)n1-c1ccccc1. The first-order chi connectivity index (χ1) is 16.2. The van der Waals surface area contributed by atoms with Crippen molar-refractivity contribution in [3.8, 4) is 17.1 Å². The topological polar surface area (TPSA) is 81.4 Å². The molecule has 0 aliphatic rings. The van der Waals surface area contributed by atoms with Crippen LogP contribution in [0.25, 0.3) is 17.1 Å². The second-order valence-electron chi connectivity index (χ2n) is 6.70. The van der Waals surface area contributed by atoms with Crippen molar-refractivity contribution in [3.05, 3.63) is 90.0 Å². The van der Waals surface area contributed by atoms with Gasteiger partial charge in [-0.15, -0.1) is 10.2 Å². The van der Waals surface area contributed by atoms with Gasteiger partial charge in [-0.05, 0) is 49.0 Å². The van der Waals surface area contributed by atoms with Gasteiger partial charge in [0.25, 0.3) is 0 Å². The lowest BCUT2D eigenvalue weighted by Gasteiger charge is -2.11. The highest BCUT2D eigenvalue weighted by atomic mass is 35.5. The maximum atomic E-state index is 12.7. The van der Waals surface area contributed by atoms with Crippen molar-refractivity contribution in [2.45, 2.75) is 12.1 Å². The lowest BCUT2D eigenvalue weighted by molar-refractivity contribution is -0.134. The lowest BCUT2D eigenvalue weighted by atomic mass is 10.2. The number of nitrogens with one attached hydrogen (secondary N) is 1. The van der Waals surface area contributed by atoms with Gasteiger partial charge in [0.15, 0.2) is 5.82 Å². The Morgan fingerprint density at radius 1 is 1.03 bits per heavy atom. The van der Waals surface area contributed by atoms with Crippen molar-refractivity contribution in [1.82, 2.24) is 14.8 Å². The number of benzene rings is 3. The molecule has 0 spiro atoms. The number of ether oxygens (including phenoxy) is 1. The Labute approximate surface area is 200 Å². The van der Waals surface area contributed by atoms with Crippen LogP contribution in [0.3, 0.4) is 0 Å². The zero-order valence-electron chi connectivity index (χ0n) is 17.7.